The third kappa shape index (κ3) is 5.66. The first-order chi connectivity index (χ1) is 16.3. The predicted octanol–water partition coefficient (Wildman–Crippen LogP) is 5.48. The van der Waals surface area contributed by atoms with E-state index in [2.05, 4.69) is 60.3 Å². The number of hydrogen-bond donors (Lipinski definition) is 1. The largest absolute Gasteiger partial charge is 0.486 e. The van der Waals surface area contributed by atoms with E-state index in [1.807, 2.05) is 41.3 Å². The van der Waals surface area contributed by atoms with Crippen LogP contribution in [0.25, 0.3) is 11.3 Å². The molecule has 0 atom stereocenters. The molecular weight excluding hydrogens is 466 g/mol. The fraction of sp³-hybridized carbons (Fsp3) is 0.280. The van der Waals surface area contributed by atoms with Crippen molar-refractivity contribution in [3.05, 3.63) is 69.9 Å². The van der Waals surface area contributed by atoms with E-state index < -0.39 is 0 Å². The SMILES string of the molecule is Cc1ccc(OCc2nnc(SCC(=O)Nc3nc(-c4ccc(C)c(C)c4)cs3)n2C)cc1C. The van der Waals surface area contributed by atoms with Gasteiger partial charge in [0.05, 0.1) is 11.4 Å². The topological polar surface area (TPSA) is 81.9 Å². The molecule has 4 aromatic rings. The number of nitrogens with zero attached hydrogens (tertiary/aromatic N) is 4. The molecule has 4 rings (SSSR count). The number of aryl methyl sites for hydroxylation is 4. The average molecular weight is 494 g/mol. The van der Waals surface area contributed by atoms with Crippen molar-refractivity contribution in [2.24, 2.45) is 7.05 Å². The zero-order chi connectivity index (χ0) is 24.2. The van der Waals surface area contributed by atoms with E-state index in [1.54, 1.807) is 0 Å². The lowest BCUT2D eigenvalue weighted by atomic mass is 10.1. The summed E-state index contributed by atoms with van der Waals surface area (Å²) < 4.78 is 7.71. The van der Waals surface area contributed by atoms with Gasteiger partial charge in [-0.1, -0.05) is 30.0 Å². The van der Waals surface area contributed by atoms with Gasteiger partial charge >= 0.3 is 0 Å². The van der Waals surface area contributed by atoms with E-state index in [4.69, 9.17) is 4.74 Å². The molecule has 1 N–H and O–H groups in total. The van der Waals surface area contributed by atoms with Crippen molar-refractivity contribution in [2.75, 3.05) is 11.1 Å². The number of thioether (sulfide) groups is 1. The van der Waals surface area contributed by atoms with Crippen LogP contribution >= 0.6 is 23.1 Å². The molecule has 2 aromatic carbocycles. The van der Waals surface area contributed by atoms with Gasteiger partial charge < -0.3 is 14.6 Å². The van der Waals surface area contributed by atoms with Gasteiger partial charge in [0.15, 0.2) is 16.1 Å². The quantitative estimate of drug-likeness (QED) is 0.327. The fourth-order valence-corrected chi connectivity index (χ4v) is 4.66. The number of thiazole rings is 1. The monoisotopic (exact) mass is 493 g/mol. The maximum absolute atomic E-state index is 12.5. The summed E-state index contributed by atoms with van der Waals surface area (Å²) >= 11 is 2.74. The van der Waals surface area contributed by atoms with Crippen molar-refractivity contribution in [1.29, 1.82) is 0 Å². The standard InChI is InChI=1S/C25H27N5O2S2/c1-15-6-8-19(10-17(15)3)21-13-33-24(26-21)27-23(31)14-34-25-29-28-22(30(25)5)12-32-20-9-7-16(2)18(4)11-20/h6-11,13H,12,14H2,1-5H3,(H,26,27,31). The van der Waals surface area contributed by atoms with Gasteiger partial charge in [-0.2, -0.15) is 0 Å². The van der Waals surface area contributed by atoms with Crippen LogP contribution in [-0.4, -0.2) is 31.4 Å². The minimum Gasteiger partial charge on any atom is -0.486 e. The second-order valence-electron chi connectivity index (χ2n) is 8.17. The third-order valence-corrected chi connectivity index (χ3v) is 7.43. The molecule has 0 spiro atoms. The summed E-state index contributed by atoms with van der Waals surface area (Å²) in [7, 11) is 1.87. The van der Waals surface area contributed by atoms with Crippen LogP contribution in [0.5, 0.6) is 5.75 Å². The van der Waals surface area contributed by atoms with E-state index in [0.29, 0.717) is 22.7 Å². The Morgan fingerprint density at radius 2 is 1.76 bits per heavy atom. The fourth-order valence-electron chi connectivity index (χ4n) is 3.20. The average Bonchev–Trinajstić information content (AvgIpc) is 3.41. The van der Waals surface area contributed by atoms with Crippen LogP contribution in [0.2, 0.25) is 0 Å². The van der Waals surface area contributed by atoms with Crippen LogP contribution in [0.3, 0.4) is 0 Å². The number of nitrogens with one attached hydrogen (secondary N) is 1. The first kappa shape index (κ1) is 24.0. The van der Waals surface area contributed by atoms with Crippen molar-refractivity contribution >= 4 is 34.1 Å². The molecule has 9 heteroatoms. The molecule has 0 saturated carbocycles. The van der Waals surface area contributed by atoms with Gasteiger partial charge in [-0.25, -0.2) is 4.98 Å². The summed E-state index contributed by atoms with van der Waals surface area (Å²) in [6, 6.07) is 12.2. The lowest BCUT2D eigenvalue weighted by Gasteiger charge is -2.08. The van der Waals surface area contributed by atoms with E-state index in [1.165, 1.54) is 45.4 Å². The van der Waals surface area contributed by atoms with Crippen molar-refractivity contribution in [1.82, 2.24) is 19.7 Å². The van der Waals surface area contributed by atoms with Crippen molar-refractivity contribution in [3.8, 4) is 17.0 Å². The normalized spacial score (nSPS) is 11.0. The van der Waals surface area contributed by atoms with Crippen LogP contribution in [0.1, 0.15) is 28.1 Å². The number of hydrogen-bond acceptors (Lipinski definition) is 7. The first-order valence-corrected chi connectivity index (χ1v) is 12.7. The Morgan fingerprint density at radius 3 is 2.50 bits per heavy atom. The Morgan fingerprint density at radius 1 is 1.03 bits per heavy atom. The zero-order valence-electron chi connectivity index (χ0n) is 19.9. The Labute approximate surface area is 207 Å². The molecule has 0 aliphatic heterocycles. The molecule has 0 aliphatic rings. The van der Waals surface area contributed by atoms with Crippen molar-refractivity contribution < 1.29 is 9.53 Å². The van der Waals surface area contributed by atoms with Gasteiger partial charge in [-0.15, -0.1) is 21.5 Å². The molecule has 0 saturated heterocycles. The molecule has 0 fully saturated rings. The van der Waals surface area contributed by atoms with Crippen LogP contribution < -0.4 is 10.1 Å². The summed E-state index contributed by atoms with van der Waals surface area (Å²) in [6.45, 7) is 8.60. The summed E-state index contributed by atoms with van der Waals surface area (Å²) in [5.74, 6) is 1.56. The molecule has 0 radical (unpaired) electrons. The second kappa shape index (κ2) is 10.4. The van der Waals surface area contributed by atoms with Gasteiger partial charge in [-0.05, 0) is 68.1 Å². The smallest absolute Gasteiger partial charge is 0.236 e. The molecule has 0 bridgehead atoms. The Hall–Kier alpha value is -3.17. The highest BCUT2D eigenvalue weighted by Crippen LogP contribution is 2.27. The molecule has 0 aliphatic carbocycles. The highest BCUT2D eigenvalue weighted by atomic mass is 32.2. The zero-order valence-corrected chi connectivity index (χ0v) is 21.5. The number of ether oxygens (including phenoxy) is 1. The highest BCUT2D eigenvalue weighted by Gasteiger charge is 2.14. The van der Waals surface area contributed by atoms with Gasteiger partial charge in [0.2, 0.25) is 5.91 Å². The summed E-state index contributed by atoms with van der Waals surface area (Å²) in [6.07, 6.45) is 0. The number of anilines is 1. The summed E-state index contributed by atoms with van der Waals surface area (Å²) in [5.41, 5.74) is 6.77. The van der Waals surface area contributed by atoms with E-state index in [9.17, 15) is 4.79 Å². The Balaban J connectivity index is 1.30. The van der Waals surface area contributed by atoms with Crippen LogP contribution in [-0.2, 0) is 18.4 Å². The molecular formula is C25H27N5O2S2. The molecule has 7 nitrogen and oxygen atoms in total. The summed E-state index contributed by atoms with van der Waals surface area (Å²) in [5, 5.41) is 14.5. The molecule has 34 heavy (non-hydrogen) atoms. The molecule has 176 valence electrons. The van der Waals surface area contributed by atoms with Crippen molar-refractivity contribution in [3.63, 3.8) is 0 Å². The second-order valence-corrected chi connectivity index (χ2v) is 9.97. The van der Waals surface area contributed by atoms with Crippen LogP contribution in [0, 0.1) is 27.7 Å². The Bertz CT molecular complexity index is 1330. The minimum atomic E-state index is -0.137. The van der Waals surface area contributed by atoms with E-state index in [0.717, 1.165) is 17.0 Å². The molecule has 1 amide bonds. The Kier molecular flexibility index (Phi) is 7.33. The van der Waals surface area contributed by atoms with E-state index in [-0.39, 0.29) is 11.7 Å². The number of carbonyl (C=O) groups excluding carboxylic acids is 1. The van der Waals surface area contributed by atoms with Crippen molar-refractivity contribution in [2.45, 2.75) is 39.5 Å². The van der Waals surface area contributed by atoms with Crippen LogP contribution in [0.4, 0.5) is 5.13 Å². The van der Waals surface area contributed by atoms with Gasteiger partial charge in [-0.3, -0.25) is 4.79 Å². The number of benzene rings is 2. The number of carbonyl (C=O) groups is 1. The summed E-state index contributed by atoms with van der Waals surface area (Å²) in [4.78, 5) is 17.0. The molecule has 2 aromatic heterocycles. The minimum absolute atomic E-state index is 0.137. The first-order valence-electron chi connectivity index (χ1n) is 10.8. The predicted molar refractivity (Wildman–Crippen MR) is 138 cm³/mol. The lowest BCUT2D eigenvalue weighted by Crippen LogP contribution is -2.14. The molecule has 0 unspecified atom stereocenters. The maximum atomic E-state index is 12.5. The third-order valence-electron chi connectivity index (χ3n) is 5.66. The van der Waals surface area contributed by atoms with Gasteiger partial charge in [0.1, 0.15) is 12.4 Å². The van der Waals surface area contributed by atoms with Gasteiger partial charge in [0, 0.05) is 18.0 Å². The number of rotatable bonds is 8. The number of aromatic nitrogens is 4. The number of amides is 1. The van der Waals surface area contributed by atoms with Crippen LogP contribution in [0.15, 0.2) is 46.9 Å². The van der Waals surface area contributed by atoms with Gasteiger partial charge in [0.25, 0.3) is 0 Å². The lowest BCUT2D eigenvalue weighted by molar-refractivity contribution is -0.113. The molecule has 2 heterocycles. The highest BCUT2D eigenvalue weighted by molar-refractivity contribution is 7.99. The maximum Gasteiger partial charge on any atom is 0.236 e. The van der Waals surface area contributed by atoms with E-state index >= 15 is 0 Å².